The number of amides is 2. The highest BCUT2D eigenvalue weighted by Gasteiger charge is 2.48. The number of hydrogen-bond donors (Lipinski definition) is 3. The molecule has 1 unspecified atom stereocenters. The van der Waals surface area contributed by atoms with Crippen molar-refractivity contribution in [3.8, 4) is 22.8 Å². The summed E-state index contributed by atoms with van der Waals surface area (Å²) in [4.78, 5) is 39.6. The summed E-state index contributed by atoms with van der Waals surface area (Å²) >= 11 is 0. The predicted octanol–water partition coefficient (Wildman–Crippen LogP) is 1.72. The summed E-state index contributed by atoms with van der Waals surface area (Å²) in [5.41, 5.74) is 0.930. The van der Waals surface area contributed by atoms with Crippen LogP contribution in [0, 0.1) is 0 Å². The summed E-state index contributed by atoms with van der Waals surface area (Å²) in [7, 11) is 1.63. The number of aromatic nitrogens is 6. The minimum Gasteiger partial charge on any atom is -0.465 e. The number of nitrogens with zero attached hydrogens (tertiary/aromatic N) is 8. The van der Waals surface area contributed by atoms with Crippen LogP contribution < -0.4 is 5.32 Å². The van der Waals surface area contributed by atoms with Gasteiger partial charge >= 0.3 is 6.09 Å². The summed E-state index contributed by atoms with van der Waals surface area (Å²) in [6.07, 6.45) is 4.30. The van der Waals surface area contributed by atoms with Crippen LogP contribution in [0.5, 0.6) is 0 Å². The van der Waals surface area contributed by atoms with E-state index < -0.39 is 17.6 Å². The zero-order valence-corrected chi connectivity index (χ0v) is 20.2. The zero-order chi connectivity index (χ0) is 26.4. The molecule has 0 radical (unpaired) electrons. The second-order valence-corrected chi connectivity index (χ2v) is 9.26. The van der Waals surface area contributed by atoms with E-state index >= 15 is 0 Å². The normalized spacial score (nSPS) is 19.6. The van der Waals surface area contributed by atoms with Crippen molar-refractivity contribution in [3.05, 3.63) is 54.7 Å². The van der Waals surface area contributed by atoms with Gasteiger partial charge in [-0.1, -0.05) is 11.2 Å². The summed E-state index contributed by atoms with van der Waals surface area (Å²) < 4.78 is 7.06. The molecule has 2 aliphatic rings. The summed E-state index contributed by atoms with van der Waals surface area (Å²) in [5, 5.41) is 31.3. The molecule has 0 aromatic carbocycles. The van der Waals surface area contributed by atoms with Crippen molar-refractivity contribution in [1.82, 2.24) is 39.7 Å². The Hall–Kier alpha value is -4.85. The Morgan fingerprint density at radius 1 is 1.16 bits per heavy atom. The van der Waals surface area contributed by atoms with E-state index in [1.54, 1.807) is 54.6 Å². The quantitative estimate of drug-likeness (QED) is 0.339. The molecule has 14 nitrogen and oxygen atoms in total. The van der Waals surface area contributed by atoms with Gasteiger partial charge in [-0.05, 0) is 18.2 Å². The number of carbonyl (C=O) groups is 2. The Balaban J connectivity index is 1.18. The van der Waals surface area contributed by atoms with E-state index in [1.807, 2.05) is 0 Å². The van der Waals surface area contributed by atoms with Crippen molar-refractivity contribution in [3.63, 3.8) is 0 Å². The van der Waals surface area contributed by atoms with Crippen molar-refractivity contribution in [2.45, 2.75) is 18.1 Å². The number of hydrogen-bond acceptors (Lipinski definition) is 10. The Bertz CT molecular complexity index is 1530. The number of likely N-dealkylation sites (N-methyl/N-ethyl adjacent to an activating group) is 1. The number of rotatable bonds is 6. The molecule has 3 N–H and O–H groups in total. The fraction of sp³-hybridized carbons (Fsp3) is 0.292. The Kier molecular flexibility index (Phi) is 5.52. The first-order chi connectivity index (χ1) is 18.3. The van der Waals surface area contributed by atoms with Gasteiger partial charge in [0.1, 0.15) is 5.69 Å². The molecule has 0 aliphatic carbocycles. The topological polar surface area (TPSA) is 176 Å². The maximum absolute atomic E-state index is 12.4. The highest BCUT2D eigenvalue weighted by atomic mass is 16.5. The van der Waals surface area contributed by atoms with Gasteiger partial charge < -0.3 is 29.9 Å². The average molecular weight is 518 g/mol. The lowest BCUT2D eigenvalue weighted by atomic mass is 9.98. The molecule has 6 rings (SSSR count). The van der Waals surface area contributed by atoms with E-state index in [0.717, 1.165) is 0 Å². The molecule has 0 spiro atoms. The van der Waals surface area contributed by atoms with Gasteiger partial charge in [-0.3, -0.25) is 9.48 Å². The largest absolute Gasteiger partial charge is 0.465 e. The molecule has 2 aliphatic heterocycles. The van der Waals surface area contributed by atoms with Crippen molar-refractivity contribution in [2.75, 3.05) is 32.0 Å². The second kappa shape index (κ2) is 8.92. The SMILES string of the molecule is CN1CCC(O)(c2cc(-c3cccc(-c4ccnc(Nc5cnn(C6CN(C(=O)O)C6)c5)n4)n3)no2)C1=O. The van der Waals surface area contributed by atoms with E-state index in [-0.39, 0.29) is 18.2 Å². The second-order valence-electron chi connectivity index (χ2n) is 9.26. The minimum atomic E-state index is -1.73. The molecule has 4 aromatic heterocycles. The third-order valence-corrected chi connectivity index (χ3v) is 6.72. The van der Waals surface area contributed by atoms with E-state index in [4.69, 9.17) is 9.63 Å². The number of nitrogens with one attached hydrogen (secondary N) is 1. The maximum Gasteiger partial charge on any atom is 0.407 e. The third-order valence-electron chi connectivity index (χ3n) is 6.72. The van der Waals surface area contributed by atoms with Crippen LogP contribution in [0.25, 0.3) is 22.8 Å². The lowest BCUT2D eigenvalue weighted by Crippen LogP contribution is -2.50. The van der Waals surface area contributed by atoms with Gasteiger partial charge in [0.25, 0.3) is 5.91 Å². The smallest absolute Gasteiger partial charge is 0.407 e. The Labute approximate surface area is 215 Å². The summed E-state index contributed by atoms with van der Waals surface area (Å²) in [6, 6.07) is 8.59. The molecule has 6 heterocycles. The molecule has 194 valence electrons. The molecule has 2 amide bonds. The van der Waals surface area contributed by atoms with Crippen molar-refractivity contribution >= 4 is 23.6 Å². The Morgan fingerprint density at radius 3 is 2.66 bits per heavy atom. The van der Waals surface area contributed by atoms with Gasteiger partial charge in [0.2, 0.25) is 11.5 Å². The standard InChI is InChI=1S/C24H23N9O5/c1-31-8-6-24(37,21(31)34)20-9-19(30-38-20)17-4-2-3-16(28-17)18-5-7-25-22(29-18)27-14-10-26-33(11-14)15-12-32(13-15)23(35)36/h2-5,7,9-11,15,37H,6,8,12-13H2,1H3,(H,35,36)(H,25,27,29). The highest BCUT2D eigenvalue weighted by molar-refractivity contribution is 5.87. The van der Waals surface area contributed by atoms with Gasteiger partial charge in [-0.15, -0.1) is 0 Å². The first kappa shape index (κ1) is 23.5. The summed E-state index contributed by atoms with van der Waals surface area (Å²) in [5.74, 6) is -0.00563. The van der Waals surface area contributed by atoms with Crippen LogP contribution in [0.3, 0.4) is 0 Å². The van der Waals surface area contributed by atoms with Crippen LogP contribution in [-0.2, 0) is 10.4 Å². The molecule has 2 saturated heterocycles. The van der Waals surface area contributed by atoms with Crippen LogP contribution in [0.4, 0.5) is 16.4 Å². The molecule has 4 aromatic rings. The van der Waals surface area contributed by atoms with E-state index in [1.165, 1.54) is 15.9 Å². The third kappa shape index (κ3) is 4.10. The van der Waals surface area contributed by atoms with Gasteiger partial charge in [-0.25, -0.2) is 19.7 Å². The summed E-state index contributed by atoms with van der Waals surface area (Å²) in [6.45, 7) is 1.21. The van der Waals surface area contributed by atoms with Crippen LogP contribution in [0.15, 0.2) is 53.4 Å². The van der Waals surface area contributed by atoms with Crippen LogP contribution in [-0.4, -0.2) is 88.6 Å². The number of carboxylic acid groups (broad SMARTS) is 1. The minimum absolute atomic E-state index is 0.00806. The Morgan fingerprint density at radius 2 is 1.92 bits per heavy atom. The number of aliphatic hydroxyl groups is 1. The zero-order valence-electron chi connectivity index (χ0n) is 20.2. The fourth-order valence-electron chi connectivity index (χ4n) is 4.46. The van der Waals surface area contributed by atoms with E-state index in [2.05, 4.69) is 30.5 Å². The maximum atomic E-state index is 12.4. The van der Waals surface area contributed by atoms with Crippen LogP contribution in [0.1, 0.15) is 18.2 Å². The predicted molar refractivity (Wildman–Crippen MR) is 131 cm³/mol. The molecule has 1 atom stereocenters. The van der Waals surface area contributed by atoms with Crippen molar-refractivity contribution < 1.29 is 24.3 Å². The molecular formula is C24H23N9O5. The van der Waals surface area contributed by atoms with Crippen LogP contribution in [0.2, 0.25) is 0 Å². The van der Waals surface area contributed by atoms with Gasteiger partial charge in [-0.2, -0.15) is 5.10 Å². The van der Waals surface area contributed by atoms with Gasteiger partial charge in [0.15, 0.2) is 5.76 Å². The molecular weight excluding hydrogens is 494 g/mol. The number of carbonyl (C=O) groups excluding carboxylic acids is 1. The monoisotopic (exact) mass is 517 g/mol. The number of pyridine rings is 1. The van der Waals surface area contributed by atoms with E-state index in [0.29, 0.717) is 54.0 Å². The van der Waals surface area contributed by atoms with Crippen molar-refractivity contribution in [2.24, 2.45) is 0 Å². The first-order valence-corrected chi connectivity index (χ1v) is 11.9. The molecule has 14 heteroatoms. The average Bonchev–Trinajstić information content (AvgIpc) is 3.61. The van der Waals surface area contributed by atoms with Gasteiger partial charge in [0.05, 0.1) is 35.0 Å². The molecule has 0 bridgehead atoms. The highest BCUT2D eigenvalue weighted by Crippen LogP contribution is 2.34. The fourth-order valence-corrected chi connectivity index (χ4v) is 4.46. The molecule has 38 heavy (non-hydrogen) atoms. The van der Waals surface area contributed by atoms with Crippen molar-refractivity contribution in [1.29, 1.82) is 0 Å². The first-order valence-electron chi connectivity index (χ1n) is 11.9. The molecule has 0 saturated carbocycles. The van der Waals surface area contributed by atoms with Gasteiger partial charge in [0, 0.05) is 51.6 Å². The number of anilines is 2. The van der Waals surface area contributed by atoms with E-state index in [9.17, 15) is 14.7 Å². The number of likely N-dealkylation sites (tertiary alicyclic amines) is 2. The molecule has 2 fully saturated rings. The van der Waals surface area contributed by atoms with Crippen LogP contribution >= 0.6 is 0 Å². The lowest BCUT2D eigenvalue weighted by molar-refractivity contribution is -0.144. The lowest BCUT2D eigenvalue weighted by Gasteiger charge is -2.36.